The molecule has 0 radical (unpaired) electrons. The zero-order valence-electron chi connectivity index (χ0n) is 33.5. The Kier molecular flexibility index (Phi) is 8.42. The Balaban J connectivity index is 0.988. The monoisotopic (exact) mass is 792 g/mol. The lowest BCUT2D eigenvalue weighted by Crippen LogP contribution is -2.00. The molecule has 62 heavy (non-hydrogen) atoms. The zero-order chi connectivity index (χ0) is 41.0. The van der Waals surface area contributed by atoms with Crippen molar-refractivity contribution < 1.29 is 4.42 Å². The fourth-order valence-corrected chi connectivity index (χ4v) is 8.82. The van der Waals surface area contributed by atoms with Crippen LogP contribution in [-0.2, 0) is 0 Å². The number of benzene rings is 9. The third-order valence-electron chi connectivity index (χ3n) is 11.9. The Hall–Kier alpha value is -8.41. The maximum Gasteiger partial charge on any atom is 0.164 e. The molecular formula is C57H36N4O. The first-order valence-corrected chi connectivity index (χ1v) is 20.8. The minimum Gasteiger partial charge on any atom is -0.456 e. The average Bonchev–Trinajstić information content (AvgIpc) is 3.90. The van der Waals surface area contributed by atoms with Crippen molar-refractivity contribution in [1.29, 1.82) is 0 Å². The maximum absolute atomic E-state index is 6.71. The molecule has 0 fully saturated rings. The summed E-state index contributed by atoms with van der Waals surface area (Å²) in [6.45, 7) is 0. The topological polar surface area (TPSA) is 56.7 Å². The van der Waals surface area contributed by atoms with E-state index < -0.39 is 0 Å². The highest BCUT2D eigenvalue weighted by molar-refractivity contribution is 6.15. The SMILES string of the molecule is c1ccc(-c2ccc(-c3nc(-c4ccc(-c5ccccc5)cc4)nc(-c4ccc5c(c4)oc4cccc(-n6c7ccccc7c7cc(-c8ccccc8)ccc76)c45)n3)cc2)cc1. The van der Waals surface area contributed by atoms with Crippen LogP contribution in [-0.4, -0.2) is 19.5 Å². The summed E-state index contributed by atoms with van der Waals surface area (Å²) in [4.78, 5) is 15.3. The molecule has 12 rings (SSSR count). The molecule has 0 spiro atoms. The van der Waals surface area contributed by atoms with Crippen LogP contribution in [0.25, 0.3) is 117 Å². The minimum atomic E-state index is 0.573. The first kappa shape index (κ1) is 35.5. The highest BCUT2D eigenvalue weighted by Gasteiger charge is 2.20. The molecule has 0 bridgehead atoms. The maximum atomic E-state index is 6.71. The molecular weight excluding hydrogens is 757 g/mol. The molecule has 5 heteroatoms. The fourth-order valence-electron chi connectivity index (χ4n) is 8.82. The van der Waals surface area contributed by atoms with Crippen molar-refractivity contribution in [3.05, 3.63) is 218 Å². The summed E-state index contributed by atoms with van der Waals surface area (Å²) in [5.41, 5.74) is 14.6. The van der Waals surface area contributed by atoms with Crippen LogP contribution in [0, 0.1) is 0 Å². The molecule has 0 aliphatic carbocycles. The van der Waals surface area contributed by atoms with Gasteiger partial charge >= 0.3 is 0 Å². The van der Waals surface area contributed by atoms with Crippen LogP contribution in [0.15, 0.2) is 223 Å². The predicted molar refractivity (Wildman–Crippen MR) is 254 cm³/mol. The summed E-state index contributed by atoms with van der Waals surface area (Å²) < 4.78 is 9.09. The van der Waals surface area contributed by atoms with Crippen molar-refractivity contribution >= 4 is 43.7 Å². The zero-order valence-corrected chi connectivity index (χ0v) is 33.5. The summed E-state index contributed by atoms with van der Waals surface area (Å²) >= 11 is 0. The number of aromatic nitrogens is 4. The first-order chi connectivity index (χ1) is 30.7. The highest BCUT2D eigenvalue weighted by Crippen LogP contribution is 2.41. The molecule has 0 saturated heterocycles. The van der Waals surface area contributed by atoms with Gasteiger partial charge in [-0.25, -0.2) is 15.0 Å². The van der Waals surface area contributed by atoms with E-state index in [4.69, 9.17) is 19.4 Å². The Morgan fingerprint density at radius 3 is 1.37 bits per heavy atom. The van der Waals surface area contributed by atoms with Gasteiger partial charge in [-0.1, -0.05) is 176 Å². The molecule has 290 valence electrons. The van der Waals surface area contributed by atoms with Crippen LogP contribution in [0.1, 0.15) is 0 Å². The van der Waals surface area contributed by atoms with E-state index in [2.05, 4.69) is 211 Å². The Morgan fingerprint density at radius 1 is 0.290 bits per heavy atom. The van der Waals surface area contributed by atoms with E-state index in [1.807, 2.05) is 12.1 Å². The third-order valence-corrected chi connectivity index (χ3v) is 11.9. The second-order valence-corrected chi connectivity index (χ2v) is 15.6. The Morgan fingerprint density at radius 2 is 0.758 bits per heavy atom. The number of nitrogens with zero attached hydrogens (tertiary/aromatic N) is 4. The van der Waals surface area contributed by atoms with Gasteiger partial charge in [0.25, 0.3) is 0 Å². The molecule has 0 unspecified atom stereocenters. The van der Waals surface area contributed by atoms with Crippen molar-refractivity contribution in [2.24, 2.45) is 0 Å². The molecule has 0 saturated carbocycles. The molecule has 3 aromatic heterocycles. The van der Waals surface area contributed by atoms with E-state index in [0.29, 0.717) is 17.5 Å². The van der Waals surface area contributed by atoms with E-state index in [1.54, 1.807) is 0 Å². The van der Waals surface area contributed by atoms with Crippen LogP contribution in [0.4, 0.5) is 0 Å². The lowest BCUT2D eigenvalue weighted by atomic mass is 10.0. The normalized spacial score (nSPS) is 11.5. The molecule has 5 nitrogen and oxygen atoms in total. The molecule has 0 atom stereocenters. The van der Waals surface area contributed by atoms with Gasteiger partial charge < -0.3 is 8.98 Å². The summed E-state index contributed by atoms with van der Waals surface area (Å²) in [5, 5.41) is 4.49. The number of para-hydroxylation sites is 1. The molecule has 12 aromatic rings. The van der Waals surface area contributed by atoms with Crippen molar-refractivity contribution in [2.45, 2.75) is 0 Å². The van der Waals surface area contributed by atoms with Crippen LogP contribution in [0.2, 0.25) is 0 Å². The summed E-state index contributed by atoms with van der Waals surface area (Å²) in [7, 11) is 0. The second-order valence-electron chi connectivity index (χ2n) is 15.6. The van der Waals surface area contributed by atoms with E-state index >= 15 is 0 Å². The molecule has 0 aliphatic rings. The first-order valence-electron chi connectivity index (χ1n) is 20.8. The predicted octanol–water partition coefficient (Wildman–Crippen LogP) is 14.9. The highest BCUT2D eigenvalue weighted by atomic mass is 16.3. The fraction of sp³-hybridized carbons (Fsp3) is 0. The number of hydrogen-bond donors (Lipinski definition) is 0. The van der Waals surface area contributed by atoms with Gasteiger partial charge in [-0.3, -0.25) is 0 Å². The van der Waals surface area contributed by atoms with Gasteiger partial charge in [0.2, 0.25) is 0 Å². The molecule has 3 heterocycles. The summed E-state index contributed by atoms with van der Waals surface area (Å²) in [5.74, 6) is 1.78. The van der Waals surface area contributed by atoms with Gasteiger partial charge in [-0.15, -0.1) is 0 Å². The summed E-state index contributed by atoms with van der Waals surface area (Å²) in [6, 6.07) is 76.3. The summed E-state index contributed by atoms with van der Waals surface area (Å²) in [6.07, 6.45) is 0. The van der Waals surface area contributed by atoms with E-state index in [9.17, 15) is 0 Å². The van der Waals surface area contributed by atoms with E-state index in [-0.39, 0.29) is 0 Å². The Labute approximate surface area is 357 Å². The number of fused-ring (bicyclic) bond motifs is 6. The van der Waals surface area contributed by atoms with Gasteiger partial charge in [-0.2, -0.15) is 0 Å². The van der Waals surface area contributed by atoms with Gasteiger partial charge in [0.1, 0.15) is 11.2 Å². The largest absolute Gasteiger partial charge is 0.456 e. The number of rotatable bonds is 7. The molecule has 0 N–H and O–H groups in total. The van der Waals surface area contributed by atoms with Crippen molar-refractivity contribution in [2.75, 3.05) is 0 Å². The van der Waals surface area contributed by atoms with Gasteiger partial charge in [0.05, 0.1) is 22.1 Å². The molecule has 9 aromatic carbocycles. The van der Waals surface area contributed by atoms with Crippen molar-refractivity contribution in [1.82, 2.24) is 19.5 Å². The Bertz CT molecular complexity index is 3490. The number of hydrogen-bond acceptors (Lipinski definition) is 4. The smallest absolute Gasteiger partial charge is 0.164 e. The van der Waals surface area contributed by atoms with Gasteiger partial charge in [0, 0.05) is 32.8 Å². The lowest BCUT2D eigenvalue weighted by Gasteiger charge is -2.11. The van der Waals surface area contributed by atoms with Crippen LogP contribution < -0.4 is 0 Å². The van der Waals surface area contributed by atoms with E-state index in [0.717, 1.165) is 77.6 Å². The third kappa shape index (κ3) is 6.14. The molecule has 0 aliphatic heterocycles. The lowest BCUT2D eigenvalue weighted by molar-refractivity contribution is 0.669. The quantitative estimate of drug-likeness (QED) is 0.161. The van der Waals surface area contributed by atoms with Gasteiger partial charge in [0.15, 0.2) is 17.5 Å². The van der Waals surface area contributed by atoms with Gasteiger partial charge in [-0.05, 0) is 75.8 Å². The minimum absolute atomic E-state index is 0.573. The number of furan rings is 1. The van der Waals surface area contributed by atoms with Crippen molar-refractivity contribution in [3.8, 4) is 73.2 Å². The van der Waals surface area contributed by atoms with Crippen molar-refractivity contribution in [3.63, 3.8) is 0 Å². The van der Waals surface area contributed by atoms with Crippen LogP contribution in [0.5, 0.6) is 0 Å². The molecule has 0 amide bonds. The van der Waals surface area contributed by atoms with Crippen LogP contribution >= 0.6 is 0 Å². The standard InChI is InChI=1S/C57H36N4O/c1-4-13-37(14-5-1)40-23-27-42(28-24-40)55-58-56(43-29-25-41(26-30-43)38-15-6-2-7-16-38)60-57(59-55)45-31-33-47-53(36-45)62-52-22-12-21-51(54(47)52)61-49-20-11-10-19-46(49)48-35-44(32-34-50(48)61)39-17-8-3-9-18-39/h1-36H. The average molecular weight is 793 g/mol. The second kappa shape index (κ2) is 14.7. The van der Waals surface area contributed by atoms with E-state index in [1.165, 1.54) is 21.9 Å². The van der Waals surface area contributed by atoms with Crippen LogP contribution in [0.3, 0.4) is 0 Å².